The fourth-order valence-electron chi connectivity index (χ4n) is 2.13. The predicted molar refractivity (Wildman–Crippen MR) is 89.2 cm³/mol. The largest absolute Gasteiger partial charge is 0.508 e. The van der Waals surface area contributed by atoms with Gasteiger partial charge in [-0.3, -0.25) is 14.4 Å². The summed E-state index contributed by atoms with van der Waals surface area (Å²) in [5.74, 6) is -3.93. The highest BCUT2D eigenvalue weighted by molar-refractivity contribution is 5.91. The van der Waals surface area contributed by atoms with Crippen LogP contribution in [0, 0.1) is 0 Å². The Labute approximate surface area is 149 Å². The zero-order valence-corrected chi connectivity index (χ0v) is 13.8. The van der Waals surface area contributed by atoms with Crippen LogP contribution in [-0.4, -0.2) is 57.7 Å². The van der Waals surface area contributed by atoms with Gasteiger partial charge in [0.25, 0.3) is 0 Å². The van der Waals surface area contributed by atoms with Crippen LogP contribution in [0.2, 0.25) is 0 Å². The SMILES string of the molecule is NCC(=O)N[C@@H](CCC(=O)O)C(=O)N[C@@H](Cc1ccc(O)cc1)C(=O)O. The maximum atomic E-state index is 12.3. The van der Waals surface area contributed by atoms with E-state index in [-0.39, 0.29) is 18.6 Å². The lowest BCUT2D eigenvalue weighted by atomic mass is 10.0. The quantitative estimate of drug-likeness (QED) is 0.299. The van der Waals surface area contributed by atoms with Gasteiger partial charge in [0.05, 0.1) is 6.54 Å². The zero-order chi connectivity index (χ0) is 19.7. The Morgan fingerprint density at radius 3 is 2.12 bits per heavy atom. The number of carboxylic acid groups (broad SMARTS) is 2. The third-order valence-electron chi connectivity index (χ3n) is 3.47. The Kier molecular flexibility index (Phi) is 8.03. The lowest BCUT2D eigenvalue weighted by molar-refractivity contribution is -0.142. The van der Waals surface area contributed by atoms with Crippen molar-refractivity contribution in [1.82, 2.24) is 10.6 Å². The molecule has 0 aliphatic carbocycles. The molecule has 0 unspecified atom stereocenters. The molecular formula is C16H21N3O7. The van der Waals surface area contributed by atoms with Crippen LogP contribution in [0.4, 0.5) is 0 Å². The molecule has 0 radical (unpaired) electrons. The smallest absolute Gasteiger partial charge is 0.326 e. The number of carbonyl (C=O) groups excluding carboxylic acids is 2. The van der Waals surface area contributed by atoms with Gasteiger partial charge in [0, 0.05) is 12.8 Å². The number of phenolic OH excluding ortho intramolecular Hbond substituents is 1. The number of hydrogen-bond donors (Lipinski definition) is 6. The van der Waals surface area contributed by atoms with Gasteiger partial charge in [-0.05, 0) is 24.1 Å². The van der Waals surface area contributed by atoms with Gasteiger partial charge in [-0.1, -0.05) is 12.1 Å². The molecule has 1 rings (SSSR count). The van der Waals surface area contributed by atoms with Crippen LogP contribution in [0.5, 0.6) is 5.75 Å². The molecule has 2 atom stereocenters. The van der Waals surface area contributed by atoms with Gasteiger partial charge in [-0.2, -0.15) is 0 Å². The molecule has 0 spiro atoms. The normalized spacial score (nSPS) is 12.7. The van der Waals surface area contributed by atoms with Crippen molar-refractivity contribution in [2.45, 2.75) is 31.3 Å². The number of aromatic hydroxyl groups is 1. The number of amides is 2. The average Bonchev–Trinajstić information content (AvgIpc) is 2.59. The van der Waals surface area contributed by atoms with Crippen LogP contribution in [0.1, 0.15) is 18.4 Å². The summed E-state index contributed by atoms with van der Waals surface area (Å²) in [6, 6.07) is 3.27. The molecule has 7 N–H and O–H groups in total. The third-order valence-corrected chi connectivity index (χ3v) is 3.47. The second-order valence-corrected chi connectivity index (χ2v) is 5.53. The number of carboxylic acids is 2. The minimum absolute atomic E-state index is 0.0166. The first-order chi connectivity index (χ1) is 12.2. The van der Waals surface area contributed by atoms with Crippen molar-refractivity contribution in [3.8, 4) is 5.75 Å². The highest BCUT2D eigenvalue weighted by atomic mass is 16.4. The van der Waals surface area contributed by atoms with E-state index in [2.05, 4.69) is 10.6 Å². The van der Waals surface area contributed by atoms with Gasteiger partial charge >= 0.3 is 11.9 Å². The molecule has 0 aromatic heterocycles. The second kappa shape index (κ2) is 9.99. The summed E-state index contributed by atoms with van der Waals surface area (Å²) < 4.78 is 0. The Morgan fingerprint density at radius 2 is 1.62 bits per heavy atom. The number of phenols is 1. The summed E-state index contributed by atoms with van der Waals surface area (Å²) in [4.78, 5) is 45.8. The van der Waals surface area contributed by atoms with Gasteiger partial charge in [-0.15, -0.1) is 0 Å². The molecule has 10 heteroatoms. The maximum absolute atomic E-state index is 12.3. The second-order valence-electron chi connectivity index (χ2n) is 5.53. The average molecular weight is 367 g/mol. The highest BCUT2D eigenvalue weighted by Gasteiger charge is 2.27. The molecule has 0 saturated carbocycles. The number of rotatable bonds is 10. The molecule has 1 aromatic rings. The molecule has 0 bridgehead atoms. The lowest BCUT2D eigenvalue weighted by Gasteiger charge is -2.21. The maximum Gasteiger partial charge on any atom is 0.326 e. The molecule has 1 aromatic carbocycles. The van der Waals surface area contributed by atoms with Crippen LogP contribution in [0.25, 0.3) is 0 Å². The van der Waals surface area contributed by atoms with E-state index in [1.165, 1.54) is 24.3 Å². The van der Waals surface area contributed by atoms with Gasteiger partial charge in [-0.25, -0.2) is 4.79 Å². The minimum atomic E-state index is -1.30. The van der Waals surface area contributed by atoms with E-state index in [0.717, 1.165) is 0 Å². The van der Waals surface area contributed by atoms with Crippen molar-refractivity contribution in [2.75, 3.05) is 6.54 Å². The van der Waals surface area contributed by atoms with Gasteiger partial charge in [0.1, 0.15) is 17.8 Å². The molecule has 0 aliphatic heterocycles. The number of nitrogens with two attached hydrogens (primary N) is 1. The standard InChI is InChI=1S/C16H21N3O7/c17-8-13(21)18-11(5-6-14(22)23)15(24)19-12(16(25)26)7-9-1-3-10(20)4-2-9/h1-4,11-12,20H,5-8,17H2,(H,18,21)(H,19,24)(H,22,23)(H,25,26)/t11-,12-/m0/s1. The first-order valence-corrected chi connectivity index (χ1v) is 7.75. The number of hydrogen-bond acceptors (Lipinski definition) is 6. The number of benzene rings is 1. The van der Waals surface area contributed by atoms with Crippen LogP contribution in [0.15, 0.2) is 24.3 Å². The lowest BCUT2D eigenvalue weighted by Crippen LogP contribution is -2.53. The third kappa shape index (κ3) is 7.18. The van der Waals surface area contributed by atoms with Crippen molar-refractivity contribution >= 4 is 23.8 Å². The summed E-state index contributed by atoms with van der Waals surface area (Å²) in [6.07, 6.45) is -0.658. The highest BCUT2D eigenvalue weighted by Crippen LogP contribution is 2.11. The van der Waals surface area contributed by atoms with Crippen molar-refractivity contribution in [2.24, 2.45) is 5.73 Å². The molecule has 2 amide bonds. The zero-order valence-electron chi connectivity index (χ0n) is 13.8. The summed E-state index contributed by atoms with van der Waals surface area (Å²) >= 11 is 0. The summed E-state index contributed by atoms with van der Waals surface area (Å²) in [6.45, 7) is -0.396. The topological polar surface area (TPSA) is 179 Å². The van der Waals surface area contributed by atoms with Gasteiger partial charge in [0.15, 0.2) is 0 Å². The molecule has 10 nitrogen and oxygen atoms in total. The molecular weight excluding hydrogens is 346 g/mol. The van der Waals surface area contributed by atoms with E-state index in [4.69, 9.17) is 10.8 Å². The van der Waals surface area contributed by atoms with Crippen LogP contribution >= 0.6 is 0 Å². The summed E-state index contributed by atoms with van der Waals surface area (Å²) in [7, 11) is 0. The Bertz CT molecular complexity index is 660. The van der Waals surface area contributed by atoms with Gasteiger partial charge < -0.3 is 31.7 Å². The van der Waals surface area contributed by atoms with Crippen molar-refractivity contribution in [3.05, 3.63) is 29.8 Å². The van der Waals surface area contributed by atoms with Crippen LogP contribution in [0.3, 0.4) is 0 Å². The molecule has 0 fully saturated rings. The first kappa shape index (κ1) is 20.9. The molecule has 0 heterocycles. The van der Waals surface area contributed by atoms with Crippen molar-refractivity contribution in [1.29, 1.82) is 0 Å². The number of nitrogens with one attached hydrogen (secondary N) is 2. The van der Waals surface area contributed by atoms with E-state index in [1.807, 2.05) is 0 Å². The van der Waals surface area contributed by atoms with E-state index < -0.39 is 48.8 Å². The first-order valence-electron chi connectivity index (χ1n) is 7.75. The molecule has 0 aliphatic rings. The predicted octanol–water partition coefficient (Wildman–Crippen LogP) is -1.19. The van der Waals surface area contributed by atoms with Crippen LogP contribution < -0.4 is 16.4 Å². The molecule has 142 valence electrons. The van der Waals surface area contributed by atoms with E-state index in [1.54, 1.807) is 0 Å². The summed E-state index contributed by atoms with van der Waals surface area (Å²) in [5, 5.41) is 31.8. The van der Waals surface area contributed by atoms with Crippen molar-refractivity contribution < 1.29 is 34.5 Å². The van der Waals surface area contributed by atoms with E-state index in [0.29, 0.717) is 5.56 Å². The minimum Gasteiger partial charge on any atom is -0.508 e. The Balaban J connectivity index is 2.82. The monoisotopic (exact) mass is 367 g/mol. The number of carbonyl (C=O) groups is 4. The van der Waals surface area contributed by atoms with Crippen molar-refractivity contribution in [3.63, 3.8) is 0 Å². The number of aliphatic carboxylic acids is 2. The summed E-state index contributed by atoms with van der Waals surface area (Å²) in [5.41, 5.74) is 5.72. The molecule has 26 heavy (non-hydrogen) atoms. The Hall–Kier alpha value is -3.14. The van der Waals surface area contributed by atoms with E-state index >= 15 is 0 Å². The fourth-order valence-corrected chi connectivity index (χ4v) is 2.13. The van der Waals surface area contributed by atoms with E-state index in [9.17, 15) is 29.4 Å². The molecule has 0 saturated heterocycles. The Morgan fingerprint density at radius 1 is 1.00 bits per heavy atom. The fraction of sp³-hybridized carbons (Fsp3) is 0.375. The van der Waals surface area contributed by atoms with Crippen LogP contribution in [-0.2, 0) is 25.6 Å². The van der Waals surface area contributed by atoms with Gasteiger partial charge in [0.2, 0.25) is 11.8 Å².